The van der Waals surface area contributed by atoms with Crippen molar-refractivity contribution in [2.75, 3.05) is 11.5 Å². The summed E-state index contributed by atoms with van der Waals surface area (Å²) in [7, 11) is 0. The highest BCUT2D eigenvalue weighted by Gasteiger charge is 2.47. The summed E-state index contributed by atoms with van der Waals surface area (Å²) >= 11 is 1.38. The second-order valence-electron chi connectivity index (χ2n) is 9.41. The van der Waals surface area contributed by atoms with Gasteiger partial charge in [-0.25, -0.2) is 4.79 Å². The van der Waals surface area contributed by atoms with Gasteiger partial charge in [-0.05, 0) is 79.7 Å². The number of benzene rings is 2. The van der Waals surface area contributed by atoms with Gasteiger partial charge in [0.05, 0.1) is 23.8 Å². The molecule has 0 spiro atoms. The number of hydrogen-bond donors (Lipinski definition) is 1. The van der Waals surface area contributed by atoms with Gasteiger partial charge < -0.3 is 14.6 Å². The van der Waals surface area contributed by atoms with E-state index in [0.29, 0.717) is 29.2 Å². The fourth-order valence-corrected chi connectivity index (χ4v) is 4.84. The molecule has 2 aromatic carbocycles. The first-order chi connectivity index (χ1) is 17.7. The van der Waals surface area contributed by atoms with E-state index < -0.39 is 23.7 Å². The summed E-state index contributed by atoms with van der Waals surface area (Å²) in [6.07, 6.45) is -0.00736. The van der Waals surface area contributed by atoms with Gasteiger partial charge in [-0.2, -0.15) is 0 Å². The third-order valence-electron chi connectivity index (χ3n) is 5.69. The quantitative estimate of drug-likeness (QED) is 0.170. The molecule has 1 amide bonds. The van der Waals surface area contributed by atoms with Crippen molar-refractivity contribution in [2.24, 2.45) is 5.92 Å². The van der Waals surface area contributed by atoms with E-state index in [0.717, 1.165) is 4.88 Å². The van der Waals surface area contributed by atoms with Gasteiger partial charge in [-0.15, -0.1) is 11.3 Å². The molecule has 1 saturated heterocycles. The maximum atomic E-state index is 13.3. The molecule has 2 heterocycles. The number of aliphatic hydroxyl groups is 1. The van der Waals surface area contributed by atoms with Crippen molar-refractivity contribution in [2.45, 2.75) is 39.8 Å². The van der Waals surface area contributed by atoms with Crippen LogP contribution in [0.5, 0.6) is 5.75 Å². The van der Waals surface area contributed by atoms with Crippen molar-refractivity contribution in [3.05, 3.63) is 87.6 Å². The fraction of sp³-hybridized carbons (Fsp3) is 0.276. The first-order valence-electron chi connectivity index (χ1n) is 12.1. The molecule has 1 aliphatic rings. The fourth-order valence-electron chi connectivity index (χ4n) is 4.02. The number of Topliss-reactive ketones (excluding diaryl/α,β-unsaturated/α-hetero) is 1. The molecule has 192 valence electrons. The molecule has 0 radical (unpaired) electrons. The van der Waals surface area contributed by atoms with Crippen LogP contribution in [-0.2, 0) is 14.3 Å². The first-order valence-corrected chi connectivity index (χ1v) is 12.9. The summed E-state index contributed by atoms with van der Waals surface area (Å²) in [6.45, 7) is 8.03. The summed E-state index contributed by atoms with van der Waals surface area (Å²) in [6, 6.07) is 15.9. The Bertz CT molecular complexity index is 1310. The van der Waals surface area contributed by atoms with Gasteiger partial charge in [0.2, 0.25) is 0 Å². The van der Waals surface area contributed by atoms with Crippen molar-refractivity contribution in [3.63, 3.8) is 0 Å². The lowest BCUT2D eigenvalue weighted by molar-refractivity contribution is -0.132. The number of aliphatic hydroxyl groups excluding tert-OH is 1. The molecule has 4 rings (SSSR count). The number of carbonyl (C=O) groups is 3. The number of hydrogen-bond acceptors (Lipinski definition) is 7. The average molecular weight is 520 g/mol. The van der Waals surface area contributed by atoms with E-state index in [4.69, 9.17) is 9.47 Å². The number of esters is 1. The smallest absolute Gasteiger partial charge is 0.338 e. The number of thiophene rings is 1. The summed E-state index contributed by atoms with van der Waals surface area (Å²) in [5, 5.41) is 13.1. The molecule has 8 heteroatoms. The van der Waals surface area contributed by atoms with Gasteiger partial charge in [0, 0.05) is 16.1 Å². The Labute approximate surface area is 220 Å². The van der Waals surface area contributed by atoms with Crippen LogP contribution in [0.25, 0.3) is 5.76 Å². The number of anilines is 1. The first kappa shape index (κ1) is 26.2. The van der Waals surface area contributed by atoms with E-state index in [9.17, 15) is 19.5 Å². The number of ether oxygens (including phenoxy) is 2. The van der Waals surface area contributed by atoms with Gasteiger partial charge in [-0.1, -0.05) is 19.9 Å². The minimum Gasteiger partial charge on any atom is -0.507 e. The Morgan fingerprint density at radius 2 is 1.62 bits per heavy atom. The minimum absolute atomic E-state index is 0.00500. The van der Waals surface area contributed by atoms with E-state index in [-0.39, 0.29) is 23.4 Å². The maximum Gasteiger partial charge on any atom is 0.338 e. The summed E-state index contributed by atoms with van der Waals surface area (Å²) < 4.78 is 10.9. The zero-order chi connectivity index (χ0) is 26.7. The van der Waals surface area contributed by atoms with Crippen LogP contribution in [0.1, 0.15) is 54.5 Å². The molecule has 1 N–H and O–H groups in total. The van der Waals surface area contributed by atoms with E-state index in [2.05, 4.69) is 0 Å². The second kappa shape index (κ2) is 11.0. The largest absolute Gasteiger partial charge is 0.507 e. The Kier molecular flexibility index (Phi) is 7.78. The maximum absolute atomic E-state index is 13.3. The lowest BCUT2D eigenvalue weighted by Gasteiger charge is -2.24. The van der Waals surface area contributed by atoms with Crippen LogP contribution in [-0.4, -0.2) is 35.5 Å². The zero-order valence-electron chi connectivity index (χ0n) is 21.1. The topological polar surface area (TPSA) is 93.1 Å². The SMILES string of the molecule is CC(C)COC(=O)c1ccc(N2C(=O)C(=O)/C(=C(\O)c3ccc(OC(C)C)cc3)C2c2cccs2)cc1. The Morgan fingerprint density at radius 1 is 0.973 bits per heavy atom. The number of nitrogens with zero attached hydrogens (tertiary/aromatic N) is 1. The molecule has 3 aromatic rings. The molecule has 1 atom stereocenters. The van der Waals surface area contributed by atoms with Crippen LogP contribution in [0, 0.1) is 5.92 Å². The van der Waals surface area contributed by atoms with Crippen molar-refractivity contribution < 1.29 is 29.0 Å². The van der Waals surface area contributed by atoms with Crippen LogP contribution < -0.4 is 9.64 Å². The van der Waals surface area contributed by atoms with Crippen LogP contribution in [0.2, 0.25) is 0 Å². The highest BCUT2D eigenvalue weighted by Crippen LogP contribution is 2.43. The van der Waals surface area contributed by atoms with Crippen molar-refractivity contribution in [1.82, 2.24) is 0 Å². The molecule has 0 aliphatic carbocycles. The molecule has 1 fully saturated rings. The summed E-state index contributed by atoms with van der Waals surface area (Å²) in [4.78, 5) is 40.9. The highest BCUT2D eigenvalue weighted by molar-refractivity contribution is 7.10. The van der Waals surface area contributed by atoms with Gasteiger partial charge in [0.25, 0.3) is 11.7 Å². The number of carbonyl (C=O) groups excluding carboxylic acids is 3. The van der Waals surface area contributed by atoms with E-state index >= 15 is 0 Å². The van der Waals surface area contributed by atoms with Crippen LogP contribution >= 0.6 is 11.3 Å². The molecule has 37 heavy (non-hydrogen) atoms. The number of rotatable bonds is 8. The number of ketones is 1. The molecule has 0 saturated carbocycles. The number of amides is 1. The lowest BCUT2D eigenvalue weighted by Crippen LogP contribution is -2.29. The van der Waals surface area contributed by atoms with E-state index in [1.807, 2.05) is 45.2 Å². The highest BCUT2D eigenvalue weighted by atomic mass is 32.1. The van der Waals surface area contributed by atoms with Crippen molar-refractivity contribution >= 4 is 40.4 Å². The van der Waals surface area contributed by atoms with Gasteiger partial charge in [0.1, 0.15) is 17.6 Å². The van der Waals surface area contributed by atoms with E-state index in [1.165, 1.54) is 16.2 Å². The zero-order valence-corrected chi connectivity index (χ0v) is 22.0. The molecular formula is C29H29NO6S. The van der Waals surface area contributed by atoms with Crippen LogP contribution in [0.15, 0.2) is 71.6 Å². The lowest BCUT2D eigenvalue weighted by atomic mass is 9.99. The van der Waals surface area contributed by atoms with Crippen LogP contribution in [0.3, 0.4) is 0 Å². The minimum atomic E-state index is -0.815. The predicted molar refractivity (Wildman–Crippen MR) is 143 cm³/mol. The van der Waals surface area contributed by atoms with Gasteiger partial charge in [0.15, 0.2) is 0 Å². The standard InChI is InChI=1S/C29H29NO6S/c1-17(2)16-35-29(34)20-7-11-21(12-8-20)30-25(23-6-5-15-37-23)24(27(32)28(30)33)26(31)19-9-13-22(14-10-19)36-18(3)4/h5-15,17-18,25,31H,16H2,1-4H3/b26-24-. The normalized spacial score (nSPS) is 17.0. The third kappa shape index (κ3) is 5.59. The summed E-state index contributed by atoms with van der Waals surface area (Å²) in [5.74, 6) is -1.41. The van der Waals surface area contributed by atoms with Crippen LogP contribution in [0.4, 0.5) is 5.69 Å². The third-order valence-corrected chi connectivity index (χ3v) is 6.61. The molecule has 0 bridgehead atoms. The van der Waals surface area contributed by atoms with Crippen molar-refractivity contribution in [1.29, 1.82) is 0 Å². The van der Waals surface area contributed by atoms with E-state index in [1.54, 1.807) is 48.5 Å². The Morgan fingerprint density at radius 3 is 2.19 bits per heavy atom. The monoisotopic (exact) mass is 519 g/mol. The van der Waals surface area contributed by atoms with Crippen molar-refractivity contribution in [3.8, 4) is 5.75 Å². The molecule has 1 aromatic heterocycles. The van der Waals surface area contributed by atoms with Gasteiger partial charge >= 0.3 is 5.97 Å². The van der Waals surface area contributed by atoms with Gasteiger partial charge in [-0.3, -0.25) is 14.5 Å². The molecule has 7 nitrogen and oxygen atoms in total. The Balaban J connectivity index is 1.71. The second-order valence-corrected chi connectivity index (χ2v) is 10.4. The average Bonchev–Trinajstić information content (AvgIpc) is 3.49. The molecule has 1 aliphatic heterocycles. The Hall–Kier alpha value is -3.91. The molecule has 1 unspecified atom stereocenters. The predicted octanol–water partition coefficient (Wildman–Crippen LogP) is 5.97. The molecular weight excluding hydrogens is 490 g/mol. The summed E-state index contributed by atoms with van der Waals surface area (Å²) in [5.41, 5.74) is 1.18.